The van der Waals surface area contributed by atoms with E-state index in [0.29, 0.717) is 12.1 Å². The van der Waals surface area contributed by atoms with Crippen LogP contribution in [0, 0.1) is 0 Å². The van der Waals surface area contributed by atoms with Gasteiger partial charge in [-0.25, -0.2) is 0 Å². The lowest BCUT2D eigenvalue weighted by Gasteiger charge is -2.48. The van der Waals surface area contributed by atoms with E-state index in [0.717, 1.165) is 52.2 Å². The number of hydrogen-bond donors (Lipinski definition) is 1. The van der Waals surface area contributed by atoms with Crippen LogP contribution in [0.5, 0.6) is 0 Å². The van der Waals surface area contributed by atoms with Gasteiger partial charge in [-0.05, 0) is 12.8 Å². The number of rotatable bonds is 1. The van der Waals surface area contributed by atoms with E-state index >= 15 is 0 Å². The minimum Gasteiger partial charge on any atom is -0.378 e. The van der Waals surface area contributed by atoms with Crippen LogP contribution in [0.2, 0.25) is 0 Å². The Hall–Kier alpha value is -0.160. The molecule has 3 aliphatic rings. The smallest absolute Gasteiger partial charge is 0.0951 e. The molecule has 3 rings (SSSR count). The molecule has 15 heavy (non-hydrogen) atoms. The maximum Gasteiger partial charge on any atom is 0.0951 e. The first-order valence-electron chi connectivity index (χ1n) is 5.99. The first-order valence-corrected chi connectivity index (χ1v) is 5.99. The molecule has 0 radical (unpaired) electrons. The Balaban J connectivity index is 1.61. The highest BCUT2D eigenvalue weighted by Crippen LogP contribution is 2.35. The molecule has 0 aliphatic carbocycles. The van der Waals surface area contributed by atoms with Crippen molar-refractivity contribution in [3.8, 4) is 0 Å². The third-order valence-corrected chi connectivity index (χ3v) is 3.99. The summed E-state index contributed by atoms with van der Waals surface area (Å²) in [5.41, 5.74) is 5.87. The lowest BCUT2D eigenvalue weighted by molar-refractivity contribution is -0.115. The topological polar surface area (TPSA) is 47.7 Å². The first-order chi connectivity index (χ1) is 7.27. The summed E-state index contributed by atoms with van der Waals surface area (Å²) < 4.78 is 11.4. The van der Waals surface area contributed by atoms with Crippen LogP contribution >= 0.6 is 0 Å². The molecule has 3 saturated heterocycles. The van der Waals surface area contributed by atoms with Gasteiger partial charge in [0.05, 0.1) is 12.2 Å². The summed E-state index contributed by atoms with van der Waals surface area (Å²) in [4.78, 5) is 2.51. The van der Waals surface area contributed by atoms with Gasteiger partial charge >= 0.3 is 0 Å². The summed E-state index contributed by atoms with van der Waals surface area (Å²) in [5, 5.41) is 0. The minimum absolute atomic E-state index is 0.0442. The Labute approximate surface area is 90.7 Å². The van der Waals surface area contributed by atoms with Crippen molar-refractivity contribution in [2.45, 2.75) is 36.9 Å². The van der Waals surface area contributed by atoms with Crippen LogP contribution in [0.15, 0.2) is 0 Å². The van der Waals surface area contributed by atoms with Crippen LogP contribution in [0.1, 0.15) is 19.3 Å². The summed E-state index contributed by atoms with van der Waals surface area (Å²) in [6, 6.07) is 1.09. The van der Waals surface area contributed by atoms with Gasteiger partial charge in [-0.2, -0.15) is 0 Å². The molecule has 86 valence electrons. The standard InChI is InChI=1S/C11H20N2O2/c12-9-6-13(7-9)10-1-3-15-11(5-10)2-4-14-8-11/h9-10H,1-8,12H2. The minimum atomic E-state index is 0.0442. The van der Waals surface area contributed by atoms with Gasteiger partial charge in [0.1, 0.15) is 0 Å². The second kappa shape index (κ2) is 3.70. The molecule has 3 fully saturated rings. The Morgan fingerprint density at radius 3 is 2.80 bits per heavy atom. The van der Waals surface area contributed by atoms with Gasteiger partial charge in [-0.1, -0.05) is 0 Å². The normalized spacial score (nSPS) is 43.4. The average molecular weight is 212 g/mol. The highest BCUT2D eigenvalue weighted by atomic mass is 16.6. The predicted octanol–water partition coefficient (Wildman–Crippen LogP) is -0.0326. The maximum atomic E-state index is 5.92. The molecule has 4 heteroatoms. The van der Waals surface area contributed by atoms with Gasteiger partial charge in [0, 0.05) is 44.8 Å². The quantitative estimate of drug-likeness (QED) is 0.663. The van der Waals surface area contributed by atoms with Crippen molar-refractivity contribution in [3.63, 3.8) is 0 Å². The van der Waals surface area contributed by atoms with E-state index in [2.05, 4.69) is 4.90 Å². The van der Waals surface area contributed by atoms with E-state index in [4.69, 9.17) is 15.2 Å². The first kappa shape index (κ1) is 10.0. The lowest BCUT2D eigenvalue weighted by atomic mass is 9.87. The van der Waals surface area contributed by atoms with E-state index in [-0.39, 0.29) is 5.60 Å². The second-order valence-electron chi connectivity index (χ2n) is 5.19. The highest BCUT2D eigenvalue weighted by molar-refractivity contribution is 4.97. The van der Waals surface area contributed by atoms with E-state index < -0.39 is 0 Å². The number of nitrogens with zero attached hydrogens (tertiary/aromatic N) is 1. The number of nitrogens with two attached hydrogens (primary N) is 1. The summed E-state index contributed by atoms with van der Waals surface area (Å²) in [5.74, 6) is 0. The van der Waals surface area contributed by atoms with E-state index in [1.165, 1.54) is 0 Å². The summed E-state index contributed by atoms with van der Waals surface area (Å²) >= 11 is 0. The molecule has 3 heterocycles. The molecule has 2 unspecified atom stereocenters. The Morgan fingerprint density at radius 2 is 2.13 bits per heavy atom. The number of likely N-dealkylation sites (tertiary alicyclic amines) is 1. The van der Waals surface area contributed by atoms with E-state index in [1.807, 2.05) is 0 Å². The van der Waals surface area contributed by atoms with Gasteiger partial charge in [0.25, 0.3) is 0 Å². The molecule has 0 amide bonds. The zero-order valence-corrected chi connectivity index (χ0v) is 9.15. The van der Waals surface area contributed by atoms with E-state index in [9.17, 15) is 0 Å². The van der Waals surface area contributed by atoms with Gasteiger partial charge in [0.15, 0.2) is 0 Å². The van der Waals surface area contributed by atoms with Gasteiger partial charge in [0.2, 0.25) is 0 Å². The third-order valence-electron chi connectivity index (χ3n) is 3.99. The molecular formula is C11H20N2O2. The van der Waals surface area contributed by atoms with Gasteiger partial charge in [-0.15, -0.1) is 0 Å². The Morgan fingerprint density at radius 1 is 1.27 bits per heavy atom. The van der Waals surface area contributed by atoms with Crippen molar-refractivity contribution in [2.24, 2.45) is 5.73 Å². The molecule has 2 atom stereocenters. The predicted molar refractivity (Wildman–Crippen MR) is 56.7 cm³/mol. The lowest BCUT2D eigenvalue weighted by Crippen LogP contribution is -2.62. The van der Waals surface area contributed by atoms with Crippen molar-refractivity contribution in [1.29, 1.82) is 0 Å². The van der Waals surface area contributed by atoms with Crippen LogP contribution in [0.4, 0.5) is 0 Å². The molecule has 0 bridgehead atoms. The van der Waals surface area contributed by atoms with Crippen LogP contribution in [-0.2, 0) is 9.47 Å². The molecule has 0 aromatic rings. The average Bonchev–Trinajstić information content (AvgIpc) is 2.62. The molecule has 0 aromatic carbocycles. The van der Waals surface area contributed by atoms with Crippen molar-refractivity contribution < 1.29 is 9.47 Å². The molecule has 2 N–H and O–H groups in total. The Bertz CT molecular complexity index is 235. The molecule has 4 nitrogen and oxygen atoms in total. The third kappa shape index (κ3) is 1.80. The van der Waals surface area contributed by atoms with Gasteiger partial charge < -0.3 is 15.2 Å². The summed E-state index contributed by atoms with van der Waals surface area (Å²) in [6.45, 7) is 4.69. The zero-order chi connectivity index (χ0) is 10.3. The van der Waals surface area contributed by atoms with Crippen LogP contribution in [0.25, 0.3) is 0 Å². The van der Waals surface area contributed by atoms with Crippen LogP contribution < -0.4 is 5.73 Å². The Kier molecular flexibility index (Phi) is 2.47. The van der Waals surface area contributed by atoms with Crippen LogP contribution in [-0.4, -0.2) is 55.5 Å². The number of hydrogen-bond acceptors (Lipinski definition) is 4. The zero-order valence-electron chi connectivity index (χ0n) is 9.15. The largest absolute Gasteiger partial charge is 0.378 e. The van der Waals surface area contributed by atoms with Crippen molar-refractivity contribution in [2.75, 3.05) is 32.9 Å². The van der Waals surface area contributed by atoms with Crippen LogP contribution in [0.3, 0.4) is 0 Å². The second-order valence-corrected chi connectivity index (χ2v) is 5.19. The maximum absolute atomic E-state index is 5.92. The molecule has 3 aliphatic heterocycles. The molecular weight excluding hydrogens is 192 g/mol. The molecule has 1 spiro atoms. The summed E-state index contributed by atoms with van der Waals surface area (Å²) in [7, 11) is 0. The van der Waals surface area contributed by atoms with Crippen molar-refractivity contribution in [1.82, 2.24) is 4.90 Å². The van der Waals surface area contributed by atoms with Gasteiger partial charge in [-0.3, -0.25) is 4.90 Å². The monoisotopic (exact) mass is 212 g/mol. The fraction of sp³-hybridized carbons (Fsp3) is 1.00. The SMILES string of the molecule is NC1CN(C2CCOC3(CCOC3)C2)C1. The summed E-state index contributed by atoms with van der Waals surface area (Å²) in [6.07, 6.45) is 3.37. The molecule has 0 aromatic heterocycles. The molecule has 0 saturated carbocycles. The van der Waals surface area contributed by atoms with Crippen molar-refractivity contribution in [3.05, 3.63) is 0 Å². The highest BCUT2D eigenvalue weighted by Gasteiger charge is 2.44. The van der Waals surface area contributed by atoms with E-state index in [1.54, 1.807) is 0 Å². The fourth-order valence-electron chi connectivity index (χ4n) is 3.02. The van der Waals surface area contributed by atoms with Crippen molar-refractivity contribution >= 4 is 0 Å². The fourth-order valence-corrected chi connectivity index (χ4v) is 3.02. The number of ether oxygens (including phenoxy) is 2.